The Bertz CT molecular complexity index is 517. The molecular weight excluding hydrogens is 229 g/mol. The van der Waals surface area contributed by atoms with E-state index >= 15 is 0 Å². The average molecular weight is 243 g/mol. The van der Waals surface area contributed by atoms with Crippen molar-refractivity contribution in [3.05, 3.63) is 53.7 Å². The van der Waals surface area contributed by atoms with Gasteiger partial charge in [0.25, 0.3) is 0 Å². The maximum Gasteiger partial charge on any atom is 0.494 e. The van der Waals surface area contributed by atoms with Gasteiger partial charge in [0.1, 0.15) is 6.61 Å². The number of rotatable bonds is 4. The largest absolute Gasteiger partial charge is 0.494 e. The highest BCUT2D eigenvalue weighted by Crippen LogP contribution is 2.09. The molecule has 0 unspecified atom stereocenters. The molecule has 4 nitrogen and oxygen atoms in total. The molecule has 18 heavy (non-hydrogen) atoms. The molecular formula is C13H14BNO3. The normalized spacial score (nSPS) is 10.2. The molecule has 0 fully saturated rings. The number of hydrogen-bond acceptors (Lipinski definition) is 4. The summed E-state index contributed by atoms with van der Waals surface area (Å²) >= 11 is 0. The van der Waals surface area contributed by atoms with Gasteiger partial charge >= 0.3 is 7.12 Å². The zero-order valence-electron chi connectivity index (χ0n) is 10.1. The van der Waals surface area contributed by atoms with Gasteiger partial charge in [0, 0.05) is 11.2 Å². The summed E-state index contributed by atoms with van der Waals surface area (Å²) in [6.45, 7) is 2.17. The van der Waals surface area contributed by atoms with Gasteiger partial charge in [-0.2, -0.15) is 0 Å². The van der Waals surface area contributed by atoms with Gasteiger partial charge in [-0.1, -0.05) is 36.4 Å². The van der Waals surface area contributed by atoms with Crippen molar-refractivity contribution < 1.29 is 14.8 Å². The third-order valence-electron chi connectivity index (χ3n) is 2.53. The summed E-state index contributed by atoms with van der Waals surface area (Å²) in [5.41, 5.74) is 2.04. The quantitative estimate of drug-likeness (QED) is 0.774. The zero-order chi connectivity index (χ0) is 13.0. The first-order chi connectivity index (χ1) is 8.66. The summed E-state index contributed by atoms with van der Waals surface area (Å²) < 4.78 is 5.53. The zero-order valence-corrected chi connectivity index (χ0v) is 10.1. The van der Waals surface area contributed by atoms with Gasteiger partial charge in [-0.3, -0.25) is 0 Å². The van der Waals surface area contributed by atoms with Crippen molar-refractivity contribution in [1.82, 2.24) is 4.98 Å². The Balaban J connectivity index is 2.15. The first kappa shape index (κ1) is 12.6. The van der Waals surface area contributed by atoms with Crippen LogP contribution >= 0.6 is 0 Å². The molecule has 1 aromatic heterocycles. The molecule has 0 aliphatic heterocycles. The van der Waals surface area contributed by atoms with Crippen LogP contribution in [0, 0.1) is 6.92 Å². The van der Waals surface area contributed by atoms with E-state index in [-0.39, 0.29) is 11.3 Å². The van der Waals surface area contributed by atoms with Crippen LogP contribution in [0.25, 0.3) is 0 Å². The highest BCUT2D eigenvalue weighted by Gasteiger charge is 2.18. The van der Waals surface area contributed by atoms with E-state index in [0.717, 1.165) is 11.3 Å². The fourth-order valence-electron chi connectivity index (χ4n) is 1.58. The fourth-order valence-corrected chi connectivity index (χ4v) is 1.58. The van der Waals surface area contributed by atoms with Crippen molar-refractivity contribution in [2.75, 3.05) is 0 Å². The third kappa shape index (κ3) is 3.09. The van der Waals surface area contributed by atoms with Crippen LogP contribution in [-0.2, 0) is 6.61 Å². The molecule has 2 rings (SSSR count). The molecule has 0 atom stereocenters. The van der Waals surface area contributed by atoms with E-state index in [9.17, 15) is 10.0 Å². The molecule has 0 radical (unpaired) electrons. The van der Waals surface area contributed by atoms with E-state index < -0.39 is 7.12 Å². The van der Waals surface area contributed by atoms with Gasteiger partial charge in [-0.25, -0.2) is 4.98 Å². The molecule has 0 bridgehead atoms. The molecule has 92 valence electrons. The lowest BCUT2D eigenvalue weighted by molar-refractivity contribution is 0.294. The SMILES string of the molecule is Cc1ccc(B(O)O)c(OCc2ccccc2)n1. The Morgan fingerprint density at radius 1 is 1.11 bits per heavy atom. The molecule has 0 amide bonds. The van der Waals surface area contributed by atoms with Crippen molar-refractivity contribution in [2.24, 2.45) is 0 Å². The minimum Gasteiger partial charge on any atom is -0.473 e. The number of nitrogens with zero attached hydrogens (tertiary/aromatic N) is 1. The number of aromatic nitrogens is 1. The summed E-state index contributed by atoms with van der Waals surface area (Å²) in [5, 5.41) is 18.5. The van der Waals surface area contributed by atoms with Crippen LogP contribution in [0.2, 0.25) is 0 Å². The standard InChI is InChI=1S/C13H14BNO3/c1-10-7-8-12(14(16)17)13(15-10)18-9-11-5-3-2-4-6-11/h2-8,16-17H,9H2,1H3. The summed E-state index contributed by atoms with van der Waals surface area (Å²) in [6, 6.07) is 13.0. The van der Waals surface area contributed by atoms with Crippen LogP contribution in [-0.4, -0.2) is 22.2 Å². The second-order valence-electron chi connectivity index (χ2n) is 3.99. The molecule has 1 heterocycles. The van der Waals surface area contributed by atoms with Gasteiger partial charge in [0.2, 0.25) is 5.88 Å². The molecule has 2 aromatic rings. The maximum atomic E-state index is 9.23. The molecule has 2 N–H and O–H groups in total. The molecule has 0 saturated carbocycles. The van der Waals surface area contributed by atoms with E-state index in [0.29, 0.717) is 6.61 Å². The van der Waals surface area contributed by atoms with Crippen molar-refractivity contribution in [3.63, 3.8) is 0 Å². The Labute approximate surface area is 106 Å². The van der Waals surface area contributed by atoms with Crippen molar-refractivity contribution >= 4 is 12.6 Å². The second kappa shape index (κ2) is 5.66. The number of benzene rings is 1. The fraction of sp³-hybridized carbons (Fsp3) is 0.154. The minimum absolute atomic E-state index is 0.258. The van der Waals surface area contributed by atoms with Gasteiger partial charge in [0.05, 0.1) is 0 Å². The highest BCUT2D eigenvalue weighted by molar-refractivity contribution is 6.59. The van der Waals surface area contributed by atoms with Gasteiger partial charge in [0.15, 0.2) is 0 Å². The predicted octanol–water partition coefficient (Wildman–Crippen LogP) is 0.649. The van der Waals surface area contributed by atoms with Gasteiger partial charge in [-0.05, 0) is 18.6 Å². The molecule has 5 heteroatoms. The first-order valence-electron chi connectivity index (χ1n) is 5.67. The molecule has 0 spiro atoms. The van der Waals surface area contributed by atoms with E-state index in [1.54, 1.807) is 12.1 Å². The average Bonchev–Trinajstić information content (AvgIpc) is 2.37. The first-order valence-corrected chi connectivity index (χ1v) is 5.67. The van der Waals surface area contributed by atoms with E-state index in [4.69, 9.17) is 4.74 Å². The Kier molecular flexibility index (Phi) is 3.97. The topological polar surface area (TPSA) is 62.6 Å². The van der Waals surface area contributed by atoms with Crippen LogP contribution in [0.3, 0.4) is 0 Å². The van der Waals surface area contributed by atoms with Crippen LogP contribution in [0.4, 0.5) is 0 Å². The lowest BCUT2D eigenvalue weighted by Crippen LogP contribution is -2.32. The summed E-state index contributed by atoms with van der Waals surface area (Å²) in [7, 11) is -1.58. The van der Waals surface area contributed by atoms with Gasteiger partial charge in [-0.15, -0.1) is 0 Å². The monoisotopic (exact) mass is 243 g/mol. The second-order valence-corrected chi connectivity index (χ2v) is 3.99. The smallest absolute Gasteiger partial charge is 0.473 e. The Morgan fingerprint density at radius 3 is 2.50 bits per heavy atom. The van der Waals surface area contributed by atoms with Crippen molar-refractivity contribution in [2.45, 2.75) is 13.5 Å². The van der Waals surface area contributed by atoms with Crippen LogP contribution in [0.15, 0.2) is 42.5 Å². The van der Waals surface area contributed by atoms with E-state index in [1.165, 1.54) is 0 Å². The summed E-state index contributed by atoms with van der Waals surface area (Å²) in [4.78, 5) is 4.17. The molecule has 1 aromatic carbocycles. The van der Waals surface area contributed by atoms with Crippen molar-refractivity contribution in [1.29, 1.82) is 0 Å². The highest BCUT2D eigenvalue weighted by atomic mass is 16.5. The Morgan fingerprint density at radius 2 is 1.83 bits per heavy atom. The van der Waals surface area contributed by atoms with Crippen LogP contribution in [0.5, 0.6) is 5.88 Å². The lowest BCUT2D eigenvalue weighted by Gasteiger charge is -2.10. The number of hydrogen-bond donors (Lipinski definition) is 2. The lowest BCUT2D eigenvalue weighted by atomic mass is 9.81. The molecule has 0 aliphatic rings. The van der Waals surface area contributed by atoms with Crippen LogP contribution < -0.4 is 10.2 Å². The van der Waals surface area contributed by atoms with E-state index in [1.807, 2.05) is 37.3 Å². The summed E-state index contributed by atoms with van der Waals surface area (Å²) in [5.74, 6) is 0.258. The number of pyridine rings is 1. The molecule has 0 saturated heterocycles. The number of ether oxygens (including phenoxy) is 1. The predicted molar refractivity (Wildman–Crippen MR) is 69.6 cm³/mol. The minimum atomic E-state index is -1.58. The maximum absolute atomic E-state index is 9.23. The summed E-state index contributed by atoms with van der Waals surface area (Å²) in [6.07, 6.45) is 0. The van der Waals surface area contributed by atoms with Crippen molar-refractivity contribution in [3.8, 4) is 5.88 Å². The Hall–Kier alpha value is -1.85. The third-order valence-corrected chi connectivity index (χ3v) is 2.53. The molecule has 0 aliphatic carbocycles. The number of aryl methyl sites for hydroxylation is 1. The van der Waals surface area contributed by atoms with E-state index in [2.05, 4.69) is 4.98 Å². The van der Waals surface area contributed by atoms with Crippen LogP contribution in [0.1, 0.15) is 11.3 Å². The van der Waals surface area contributed by atoms with Gasteiger partial charge < -0.3 is 14.8 Å².